The molecule has 0 aliphatic carbocycles. The molecule has 0 spiro atoms. The fraction of sp³-hybridized carbons (Fsp3) is 0.458. The van der Waals surface area contributed by atoms with Crippen LogP contribution in [0.1, 0.15) is 55.7 Å². The molecule has 3 heterocycles. The minimum atomic E-state index is -0.923. The minimum absolute atomic E-state index is 0.0139. The molecule has 30 heavy (non-hydrogen) atoms. The number of nitrogens with zero attached hydrogens (tertiary/aromatic N) is 4. The van der Waals surface area contributed by atoms with E-state index in [4.69, 9.17) is 0 Å². The van der Waals surface area contributed by atoms with Crippen LogP contribution in [0.15, 0.2) is 42.6 Å². The lowest BCUT2D eigenvalue weighted by molar-refractivity contribution is 0.0784. The first-order valence-corrected chi connectivity index (χ1v) is 10.7. The smallest absolute Gasteiger partial charge is 0.168 e. The lowest BCUT2D eigenvalue weighted by atomic mass is 9.92. The van der Waals surface area contributed by atoms with E-state index in [1.54, 1.807) is 32.2 Å². The van der Waals surface area contributed by atoms with Gasteiger partial charge in [-0.15, -0.1) is 0 Å². The van der Waals surface area contributed by atoms with E-state index in [0.717, 1.165) is 35.8 Å². The molecule has 2 atom stereocenters. The van der Waals surface area contributed by atoms with E-state index in [-0.39, 0.29) is 12.2 Å². The first-order chi connectivity index (χ1) is 14.2. The molecule has 1 aliphatic heterocycles. The maximum atomic E-state index is 12.9. The molecule has 0 amide bonds. The quantitative estimate of drug-likeness (QED) is 0.652. The first-order valence-electron chi connectivity index (χ1n) is 10.7. The number of hydrogen-bond acceptors (Lipinski definition) is 5. The van der Waals surface area contributed by atoms with Gasteiger partial charge in [0, 0.05) is 30.8 Å². The molecular weight excluding hydrogens is 376 g/mol. The van der Waals surface area contributed by atoms with Crippen LogP contribution in [0.5, 0.6) is 0 Å². The van der Waals surface area contributed by atoms with E-state index < -0.39 is 5.60 Å². The number of carbonyl (C=O) groups excluding carboxylic acids is 1. The summed E-state index contributed by atoms with van der Waals surface area (Å²) in [6.45, 7) is 10.00. The van der Waals surface area contributed by atoms with Gasteiger partial charge in [0.05, 0.1) is 23.9 Å². The molecule has 2 unspecified atom stereocenters. The second-order valence-electron chi connectivity index (χ2n) is 9.29. The highest BCUT2D eigenvalue weighted by Gasteiger charge is 2.25. The number of carbonyl (C=O) groups is 1. The van der Waals surface area contributed by atoms with Crippen molar-refractivity contribution in [2.75, 3.05) is 18.0 Å². The number of benzene rings is 1. The van der Waals surface area contributed by atoms with Crippen LogP contribution in [0.4, 0.5) is 5.82 Å². The summed E-state index contributed by atoms with van der Waals surface area (Å²) in [5, 5.41) is 14.6. The molecular formula is C24H30N4O2. The Labute approximate surface area is 177 Å². The lowest BCUT2D eigenvalue weighted by Crippen LogP contribution is -2.39. The Kier molecular flexibility index (Phi) is 5.36. The van der Waals surface area contributed by atoms with Crippen molar-refractivity contribution in [3.05, 3.63) is 59.4 Å². The summed E-state index contributed by atoms with van der Waals surface area (Å²) in [7, 11) is 0. The van der Waals surface area contributed by atoms with Crippen molar-refractivity contribution in [3.63, 3.8) is 0 Å². The molecule has 0 bridgehead atoms. The first kappa shape index (κ1) is 20.5. The zero-order valence-electron chi connectivity index (χ0n) is 18.2. The average molecular weight is 407 g/mol. The van der Waals surface area contributed by atoms with Crippen molar-refractivity contribution in [2.24, 2.45) is 11.8 Å². The summed E-state index contributed by atoms with van der Waals surface area (Å²) in [6.07, 6.45) is 3.22. The zero-order valence-corrected chi connectivity index (χ0v) is 18.2. The molecule has 0 radical (unpaired) electrons. The zero-order chi connectivity index (χ0) is 21.5. The highest BCUT2D eigenvalue weighted by molar-refractivity contribution is 5.97. The third-order valence-corrected chi connectivity index (χ3v) is 5.84. The van der Waals surface area contributed by atoms with Crippen molar-refractivity contribution in [2.45, 2.75) is 46.1 Å². The average Bonchev–Trinajstić information content (AvgIpc) is 3.14. The predicted molar refractivity (Wildman–Crippen MR) is 118 cm³/mol. The molecule has 1 fully saturated rings. The highest BCUT2D eigenvalue weighted by Crippen LogP contribution is 2.27. The summed E-state index contributed by atoms with van der Waals surface area (Å²) >= 11 is 0. The molecule has 6 heteroatoms. The van der Waals surface area contributed by atoms with E-state index in [2.05, 4.69) is 28.8 Å². The number of hydrogen-bond donors (Lipinski definition) is 1. The summed E-state index contributed by atoms with van der Waals surface area (Å²) in [5.41, 5.74) is 2.00. The predicted octanol–water partition coefficient (Wildman–Crippen LogP) is 3.86. The maximum absolute atomic E-state index is 12.9. The minimum Gasteiger partial charge on any atom is -0.386 e. The molecule has 1 aliphatic rings. The Balaban J connectivity index is 1.61. The fourth-order valence-electron chi connectivity index (χ4n) is 4.44. The Hall–Kier alpha value is -2.73. The number of anilines is 1. The third-order valence-electron chi connectivity index (χ3n) is 5.84. The topological polar surface area (TPSA) is 70.7 Å². The SMILES string of the molecule is CC1CC(C)CN(c2cc(CC(=O)c3ccc(C(C)(C)O)cc3)nc3ccnn23)C1. The Bertz CT molecular complexity index is 1040. The highest BCUT2D eigenvalue weighted by atomic mass is 16.3. The summed E-state index contributed by atoms with van der Waals surface area (Å²) in [4.78, 5) is 19.9. The van der Waals surface area contributed by atoms with Crippen molar-refractivity contribution in [3.8, 4) is 0 Å². The van der Waals surface area contributed by atoms with E-state index in [0.29, 0.717) is 17.4 Å². The van der Waals surface area contributed by atoms with Gasteiger partial charge in [-0.25, -0.2) is 4.98 Å². The van der Waals surface area contributed by atoms with Gasteiger partial charge < -0.3 is 10.0 Å². The molecule has 1 aromatic carbocycles. The van der Waals surface area contributed by atoms with Crippen LogP contribution >= 0.6 is 0 Å². The van der Waals surface area contributed by atoms with Crippen LogP contribution in [-0.2, 0) is 12.0 Å². The second-order valence-corrected chi connectivity index (χ2v) is 9.29. The monoisotopic (exact) mass is 406 g/mol. The molecule has 4 rings (SSSR count). The van der Waals surface area contributed by atoms with Crippen LogP contribution in [0.2, 0.25) is 0 Å². The number of ketones is 1. The molecule has 6 nitrogen and oxygen atoms in total. The summed E-state index contributed by atoms with van der Waals surface area (Å²) < 4.78 is 1.87. The summed E-state index contributed by atoms with van der Waals surface area (Å²) in [6, 6.07) is 11.1. The third kappa shape index (κ3) is 4.24. The van der Waals surface area contributed by atoms with Crippen LogP contribution in [-0.4, -0.2) is 38.6 Å². The largest absolute Gasteiger partial charge is 0.386 e. The van der Waals surface area contributed by atoms with E-state index in [9.17, 15) is 9.90 Å². The molecule has 1 N–H and O–H groups in total. The molecule has 1 saturated heterocycles. The lowest BCUT2D eigenvalue weighted by Gasteiger charge is -2.36. The van der Waals surface area contributed by atoms with E-state index >= 15 is 0 Å². The fourth-order valence-corrected chi connectivity index (χ4v) is 4.44. The Morgan fingerprint density at radius 3 is 2.43 bits per heavy atom. The molecule has 2 aromatic heterocycles. The van der Waals surface area contributed by atoms with Crippen LogP contribution in [0, 0.1) is 11.8 Å². The van der Waals surface area contributed by atoms with E-state index in [1.165, 1.54) is 6.42 Å². The van der Waals surface area contributed by atoms with E-state index in [1.807, 2.05) is 28.8 Å². The molecule has 0 saturated carbocycles. The van der Waals surface area contributed by atoms with Gasteiger partial charge in [-0.2, -0.15) is 9.61 Å². The van der Waals surface area contributed by atoms with Crippen molar-refractivity contribution in [1.82, 2.24) is 14.6 Å². The van der Waals surface area contributed by atoms with Crippen molar-refractivity contribution in [1.29, 1.82) is 0 Å². The normalized spacial score (nSPS) is 20.0. The molecule has 3 aromatic rings. The van der Waals surface area contributed by atoms with Crippen LogP contribution < -0.4 is 4.90 Å². The summed E-state index contributed by atoms with van der Waals surface area (Å²) in [5.74, 6) is 2.25. The number of Topliss-reactive ketones (excluding diaryl/α,β-unsaturated/α-hetero) is 1. The van der Waals surface area contributed by atoms with Gasteiger partial charge in [0.15, 0.2) is 11.4 Å². The number of aliphatic hydroxyl groups is 1. The Morgan fingerprint density at radius 2 is 1.80 bits per heavy atom. The van der Waals surface area contributed by atoms with Gasteiger partial charge in [0.2, 0.25) is 0 Å². The second kappa shape index (κ2) is 7.84. The Morgan fingerprint density at radius 1 is 1.13 bits per heavy atom. The number of aromatic nitrogens is 3. The van der Waals surface area contributed by atoms with Crippen LogP contribution in [0.25, 0.3) is 5.65 Å². The molecule has 158 valence electrons. The van der Waals surface area contributed by atoms with Crippen molar-refractivity contribution < 1.29 is 9.90 Å². The number of piperidine rings is 1. The van der Waals surface area contributed by atoms with Gasteiger partial charge in [0.25, 0.3) is 0 Å². The number of rotatable bonds is 5. The van der Waals surface area contributed by atoms with Crippen molar-refractivity contribution >= 4 is 17.2 Å². The van der Waals surface area contributed by atoms with Gasteiger partial charge in [0.1, 0.15) is 5.82 Å². The van der Waals surface area contributed by atoms with Crippen LogP contribution in [0.3, 0.4) is 0 Å². The number of fused-ring (bicyclic) bond motifs is 1. The van der Waals surface area contributed by atoms with Gasteiger partial charge in [-0.05, 0) is 37.7 Å². The maximum Gasteiger partial charge on any atom is 0.168 e. The van der Waals surface area contributed by atoms with Gasteiger partial charge in [-0.1, -0.05) is 38.1 Å². The van der Waals surface area contributed by atoms with Gasteiger partial charge >= 0.3 is 0 Å². The standard InChI is InChI=1S/C24H30N4O2/c1-16-11-17(2)15-27(14-16)23-13-20(26-22-9-10-25-28(22)23)12-21(29)18-5-7-19(8-6-18)24(3,4)30/h5-10,13,16-17,30H,11-12,14-15H2,1-4H3. The van der Waals surface area contributed by atoms with Gasteiger partial charge in [-0.3, -0.25) is 4.79 Å².